The molecule has 1 aliphatic rings. The van der Waals surface area contributed by atoms with Crippen LogP contribution in [0.2, 0.25) is 5.02 Å². The van der Waals surface area contributed by atoms with E-state index in [4.69, 9.17) is 11.6 Å². The Balaban J connectivity index is 1.61. The third-order valence-electron chi connectivity index (χ3n) is 4.60. The van der Waals surface area contributed by atoms with Gasteiger partial charge in [-0.15, -0.1) is 11.3 Å². The van der Waals surface area contributed by atoms with Crippen molar-refractivity contribution in [2.75, 3.05) is 27.2 Å². The van der Waals surface area contributed by atoms with Crippen molar-refractivity contribution in [2.24, 2.45) is 0 Å². The first kappa shape index (κ1) is 17.4. The Kier molecular flexibility index (Phi) is 5.54. The van der Waals surface area contributed by atoms with Crippen molar-refractivity contribution in [3.05, 3.63) is 40.4 Å². The van der Waals surface area contributed by atoms with E-state index in [1.54, 1.807) is 11.3 Å². The topological polar surface area (TPSA) is 36.4 Å². The molecule has 0 atom stereocenters. The molecule has 0 unspecified atom stereocenters. The molecule has 2 aromatic rings. The molecule has 1 fully saturated rings. The van der Waals surface area contributed by atoms with Crippen molar-refractivity contribution in [1.82, 2.24) is 14.8 Å². The quantitative estimate of drug-likeness (QED) is 0.833. The van der Waals surface area contributed by atoms with Gasteiger partial charge in [0.15, 0.2) is 0 Å². The lowest BCUT2D eigenvalue weighted by Crippen LogP contribution is -2.45. The predicted octanol–water partition coefficient (Wildman–Crippen LogP) is 3.56. The highest BCUT2D eigenvalue weighted by molar-refractivity contribution is 7.13. The average Bonchev–Trinajstić information content (AvgIpc) is 3.04. The van der Waals surface area contributed by atoms with E-state index in [9.17, 15) is 4.79 Å². The number of rotatable bonds is 4. The Morgan fingerprint density at radius 1 is 1.33 bits per heavy atom. The molecule has 128 valence electrons. The summed E-state index contributed by atoms with van der Waals surface area (Å²) in [5.41, 5.74) is 1.88. The second-order valence-corrected chi connectivity index (χ2v) is 7.66. The van der Waals surface area contributed by atoms with E-state index in [1.807, 2.05) is 41.6 Å². The van der Waals surface area contributed by atoms with Crippen LogP contribution >= 0.6 is 22.9 Å². The third-order valence-corrected chi connectivity index (χ3v) is 5.80. The minimum atomic E-state index is 0.150. The van der Waals surface area contributed by atoms with Crippen molar-refractivity contribution in [2.45, 2.75) is 25.3 Å². The van der Waals surface area contributed by atoms with Gasteiger partial charge in [-0.2, -0.15) is 0 Å². The van der Waals surface area contributed by atoms with Crippen molar-refractivity contribution in [3.8, 4) is 10.6 Å². The summed E-state index contributed by atoms with van der Waals surface area (Å²) in [7, 11) is 4.05. The van der Waals surface area contributed by atoms with Crippen LogP contribution in [0.25, 0.3) is 10.6 Å². The van der Waals surface area contributed by atoms with Crippen molar-refractivity contribution < 1.29 is 4.79 Å². The van der Waals surface area contributed by atoms with Crippen LogP contribution in [0.3, 0.4) is 0 Å². The molecule has 1 aromatic heterocycles. The van der Waals surface area contributed by atoms with Gasteiger partial charge in [-0.05, 0) is 45.1 Å². The van der Waals surface area contributed by atoms with Crippen molar-refractivity contribution in [1.29, 1.82) is 0 Å². The molecule has 4 nitrogen and oxygen atoms in total. The van der Waals surface area contributed by atoms with E-state index in [0.717, 1.165) is 42.2 Å². The monoisotopic (exact) mass is 363 g/mol. The number of aromatic nitrogens is 1. The Morgan fingerprint density at radius 3 is 2.67 bits per heavy atom. The summed E-state index contributed by atoms with van der Waals surface area (Å²) in [6.07, 6.45) is 2.46. The number of piperidine rings is 1. The number of hydrogen-bond donors (Lipinski definition) is 0. The smallest absolute Gasteiger partial charge is 0.228 e. The fourth-order valence-electron chi connectivity index (χ4n) is 2.98. The van der Waals surface area contributed by atoms with Gasteiger partial charge in [0.25, 0.3) is 0 Å². The number of benzene rings is 1. The van der Waals surface area contributed by atoms with Gasteiger partial charge >= 0.3 is 0 Å². The molecule has 24 heavy (non-hydrogen) atoms. The molecule has 1 aromatic carbocycles. The molecule has 0 bridgehead atoms. The second-order valence-electron chi connectivity index (χ2n) is 6.37. The summed E-state index contributed by atoms with van der Waals surface area (Å²) < 4.78 is 0. The Hall–Kier alpha value is -1.43. The molecule has 1 amide bonds. The van der Waals surface area contributed by atoms with Gasteiger partial charge in [0.05, 0.1) is 12.1 Å². The number of thiazole rings is 1. The summed E-state index contributed by atoms with van der Waals surface area (Å²) in [5, 5.41) is 3.62. The van der Waals surface area contributed by atoms with Crippen LogP contribution in [-0.4, -0.2) is 53.9 Å². The first-order chi connectivity index (χ1) is 11.5. The van der Waals surface area contributed by atoms with E-state index >= 15 is 0 Å². The summed E-state index contributed by atoms with van der Waals surface area (Å²) in [6, 6.07) is 7.98. The number of likely N-dealkylation sites (tertiary alicyclic amines) is 1. The van der Waals surface area contributed by atoms with E-state index in [2.05, 4.69) is 16.9 Å². The van der Waals surface area contributed by atoms with Gasteiger partial charge in [-0.25, -0.2) is 4.98 Å². The normalized spacial score (nSPS) is 16.3. The summed E-state index contributed by atoms with van der Waals surface area (Å²) in [5.74, 6) is 0.150. The first-order valence-electron chi connectivity index (χ1n) is 8.17. The zero-order valence-electron chi connectivity index (χ0n) is 14.0. The highest BCUT2D eigenvalue weighted by Crippen LogP contribution is 2.25. The first-order valence-corrected chi connectivity index (χ1v) is 9.43. The molecule has 0 N–H and O–H groups in total. The lowest BCUT2D eigenvalue weighted by Gasteiger charge is -2.35. The van der Waals surface area contributed by atoms with Gasteiger partial charge in [-0.3, -0.25) is 4.79 Å². The molecule has 3 rings (SSSR count). The highest BCUT2D eigenvalue weighted by atomic mass is 35.5. The number of likely N-dealkylation sites (N-methyl/N-ethyl adjacent to an activating group) is 1. The maximum absolute atomic E-state index is 12.5. The van der Waals surface area contributed by atoms with Crippen LogP contribution in [0.5, 0.6) is 0 Å². The predicted molar refractivity (Wildman–Crippen MR) is 99.6 cm³/mol. The molecule has 6 heteroatoms. The largest absolute Gasteiger partial charge is 0.342 e. The number of nitrogens with zero attached hydrogens (tertiary/aromatic N) is 3. The summed E-state index contributed by atoms with van der Waals surface area (Å²) in [4.78, 5) is 21.4. The Labute approximate surface area is 152 Å². The molecular weight excluding hydrogens is 342 g/mol. The zero-order valence-corrected chi connectivity index (χ0v) is 15.6. The van der Waals surface area contributed by atoms with E-state index in [0.29, 0.717) is 17.5 Å². The van der Waals surface area contributed by atoms with Crippen LogP contribution in [0, 0.1) is 0 Å². The number of amides is 1. The molecule has 2 heterocycles. The second kappa shape index (κ2) is 7.64. The van der Waals surface area contributed by atoms with Crippen LogP contribution < -0.4 is 0 Å². The van der Waals surface area contributed by atoms with E-state index in [-0.39, 0.29) is 5.91 Å². The zero-order chi connectivity index (χ0) is 17.1. The Morgan fingerprint density at radius 2 is 2.00 bits per heavy atom. The average molecular weight is 364 g/mol. The number of carbonyl (C=O) groups excluding carboxylic acids is 1. The number of hydrogen-bond acceptors (Lipinski definition) is 4. The molecule has 0 radical (unpaired) electrons. The number of carbonyl (C=O) groups is 1. The molecule has 0 aliphatic carbocycles. The SMILES string of the molecule is CN1CCC(N(C)C(=O)Cc2csc(-c3ccc(Cl)cc3)n2)CC1. The standard InChI is InChI=1S/C18H22ClN3OS/c1-21-9-7-16(8-10-21)22(2)17(23)11-15-12-24-18(20-15)13-3-5-14(19)6-4-13/h3-6,12,16H,7-11H2,1-2H3. The molecular formula is C18H22ClN3OS. The fraction of sp³-hybridized carbons (Fsp3) is 0.444. The van der Waals surface area contributed by atoms with E-state index in [1.165, 1.54) is 0 Å². The molecule has 0 saturated carbocycles. The van der Waals surface area contributed by atoms with Gasteiger partial charge in [0, 0.05) is 29.1 Å². The fourth-order valence-corrected chi connectivity index (χ4v) is 3.93. The maximum atomic E-state index is 12.5. The Bertz CT molecular complexity index is 693. The maximum Gasteiger partial charge on any atom is 0.228 e. The van der Waals surface area contributed by atoms with Gasteiger partial charge < -0.3 is 9.80 Å². The lowest BCUT2D eigenvalue weighted by molar-refractivity contribution is -0.132. The van der Waals surface area contributed by atoms with E-state index < -0.39 is 0 Å². The lowest BCUT2D eigenvalue weighted by atomic mass is 10.0. The van der Waals surface area contributed by atoms with Gasteiger partial charge in [0.2, 0.25) is 5.91 Å². The van der Waals surface area contributed by atoms with Crippen LogP contribution in [0.1, 0.15) is 18.5 Å². The molecule has 1 saturated heterocycles. The van der Waals surface area contributed by atoms with Crippen molar-refractivity contribution >= 4 is 28.8 Å². The van der Waals surface area contributed by atoms with Crippen LogP contribution in [0.4, 0.5) is 0 Å². The summed E-state index contributed by atoms with van der Waals surface area (Å²) in [6.45, 7) is 2.11. The third kappa shape index (κ3) is 4.15. The minimum absolute atomic E-state index is 0.150. The summed E-state index contributed by atoms with van der Waals surface area (Å²) >= 11 is 7.49. The number of halogens is 1. The minimum Gasteiger partial charge on any atom is -0.342 e. The highest BCUT2D eigenvalue weighted by Gasteiger charge is 2.24. The molecule has 1 aliphatic heterocycles. The van der Waals surface area contributed by atoms with Crippen LogP contribution in [-0.2, 0) is 11.2 Å². The van der Waals surface area contributed by atoms with Gasteiger partial charge in [0.1, 0.15) is 5.01 Å². The van der Waals surface area contributed by atoms with Crippen LogP contribution in [0.15, 0.2) is 29.6 Å². The van der Waals surface area contributed by atoms with Gasteiger partial charge in [-0.1, -0.05) is 23.7 Å². The molecule has 0 spiro atoms. The van der Waals surface area contributed by atoms with Crippen molar-refractivity contribution in [3.63, 3.8) is 0 Å².